The van der Waals surface area contributed by atoms with Crippen molar-refractivity contribution < 1.29 is 19.0 Å². The normalized spacial score (nSPS) is 12.2. The quantitative estimate of drug-likeness (QED) is 0.739. The number of aliphatic hydroxyl groups excluding tert-OH is 1. The van der Waals surface area contributed by atoms with Crippen LogP contribution in [0.1, 0.15) is 11.5 Å². The average molecular weight is 198 g/mol. The van der Waals surface area contributed by atoms with Crippen LogP contribution in [0, 0.1) is 5.82 Å². The molecular weight excluding hydrogens is 187 g/mol. The Kier molecular flexibility index (Phi) is 3.59. The Morgan fingerprint density at radius 2 is 2.07 bits per heavy atom. The van der Waals surface area contributed by atoms with E-state index in [9.17, 15) is 9.18 Å². The Labute approximate surface area is 81.1 Å². The van der Waals surface area contributed by atoms with Gasteiger partial charge in [0, 0.05) is 0 Å². The first kappa shape index (κ1) is 10.7. The SMILES string of the molecule is COC(=O)C(CO)c1ccc(F)cc1. The van der Waals surface area contributed by atoms with E-state index in [1.807, 2.05) is 0 Å². The minimum absolute atomic E-state index is 0.349. The van der Waals surface area contributed by atoms with E-state index in [1.54, 1.807) is 0 Å². The molecule has 0 radical (unpaired) electrons. The zero-order valence-corrected chi connectivity index (χ0v) is 7.74. The molecule has 0 heterocycles. The number of rotatable bonds is 3. The number of benzene rings is 1. The molecule has 0 aliphatic heterocycles. The van der Waals surface area contributed by atoms with Crippen LogP contribution in [0.3, 0.4) is 0 Å². The molecule has 4 heteroatoms. The van der Waals surface area contributed by atoms with Gasteiger partial charge in [-0.15, -0.1) is 0 Å². The Hall–Kier alpha value is -1.42. The van der Waals surface area contributed by atoms with Crippen LogP contribution in [-0.4, -0.2) is 24.8 Å². The van der Waals surface area contributed by atoms with E-state index in [1.165, 1.54) is 31.4 Å². The van der Waals surface area contributed by atoms with Crippen LogP contribution < -0.4 is 0 Å². The molecule has 0 saturated carbocycles. The van der Waals surface area contributed by atoms with E-state index in [4.69, 9.17) is 5.11 Å². The zero-order valence-electron chi connectivity index (χ0n) is 7.74. The standard InChI is InChI=1S/C10H11FO3/c1-14-10(13)9(6-12)7-2-4-8(11)5-3-7/h2-5,9,12H,6H2,1H3. The molecule has 0 aliphatic rings. The minimum Gasteiger partial charge on any atom is -0.468 e. The summed E-state index contributed by atoms with van der Waals surface area (Å²) < 4.78 is 17.1. The van der Waals surface area contributed by atoms with Gasteiger partial charge in [0.05, 0.1) is 13.7 Å². The molecule has 1 N–H and O–H groups in total. The van der Waals surface area contributed by atoms with E-state index < -0.39 is 11.9 Å². The second-order valence-corrected chi connectivity index (χ2v) is 2.81. The van der Waals surface area contributed by atoms with Crippen molar-refractivity contribution in [1.29, 1.82) is 0 Å². The summed E-state index contributed by atoms with van der Waals surface area (Å²) in [4.78, 5) is 11.2. The first-order valence-corrected chi connectivity index (χ1v) is 4.13. The van der Waals surface area contributed by atoms with E-state index in [0.717, 1.165) is 0 Å². The molecule has 0 bridgehead atoms. The molecule has 0 aromatic heterocycles. The lowest BCUT2D eigenvalue weighted by Crippen LogP contribution is -2.17. The highest BCUT2D eigenvalue weighted by molar-refractivity contribution is 5.78. The van der Waals surface area contributed by atoms with Crippen LogP contribution in [-0.2, 0) is 9.53 Å². The van der Waals surface area contributed by atoms with Crippen molar-refractivity contribution in [2.75, 3.05) is 13.7 Å². The third-order valence-corrected chi connectivity index (χ3v) is 1.94. The molecule has 3 nitrogen and oxygen atoms in total. The second-order valence-electron chi connectivity index (χ2n) is 2.81. The lowest BCUT2D eigenvalue weighted by molar-refractivity contribution is -0.143. The predicted molar refractivity (Wildman–Crippen MR) is 48.2 cm³/mol. The molecule has 1 unspecified atom stereocenters. The van der Waals surface area contributed by atoms with Crippen LogP contribution >= 0.6 is 0 Å². The van der Waals surface area contributed by atoms with Crippen molar-refractivity contribution in [2.45, 2.75) is 5.92 Å². The Morgan fingerprint density at radius 3 is 2.50 bits per heavy atom. The molecule has 0 saturated heterocycles. The van der Waals surface area contributed by atoms with Crippen LogP contribution in [0.2, 0.25) is 0 Å². The van der Waals surface area contributed by atoms with Crippen molar-refractivity contribution >= 4 is 5.97 Å². The third kappa shape index (κ3) is 2.29. The van der Waals surface area contributed by atoms with Crippen molar-refractivity contribution in [2.24, 2.45) is 0 Å². The summed E-state index contributed by atoms with van der Waals surface area (Å²) in [6.45, 7) is -0.349. The highest BCUT2D eigenvalue weighted by Crippen LogP contribution is 2.16. The smallest absolute Gasteiger partial charge is 0.315 e. The van der Waals surface area contributed by atoms with Gasteiger partial charge in [-0.25, -0.2) is 4.39 Å². The lowest BCUT2D eigenvalue weighted by atomic mass is 10.0. The van der Waals surface area contributed by atoms with Crippen LogP contribution in [0.4, 0.5) is 4.39 Å². The van der Waals surface area contributed by atoms with Gasteiger partial charge in [-0.1, -0.05) is 12.1 Å². The van der Waals surface area contributed by atoms with Gasteiger partial charge in [0.15, 0.2) is 0 Å². The average Bonchev–Trinajstić information content (AvgIpc) is 2.21. The molecule has 14 heavy (non-hydrogen) atoms. The second kappa shape index (κ2) is 4.72. The Morgan fingerprint density at radius 1 is 1.50 bits per heavy atom. The summed E-state index contributed by atoms with van der Waals surface area (Å²) in [5, 5.41) is 8.96. The number of methoxy groups -OCH3 is 1. The molecule has 0 amide bonds. The molecule has 0 fully saturated rings. The molecule has 76 valence electrons. The first-order chi connectivity index (χ1) is 6.69. The maximum Gasteiger partial charge on any atom is 0.315 e. The highest BCUT2D eigenvalue weighted by atomic mass is 19.1. The highest BCUT2D eigenvalue weighted by Gasteiger charge is 2.19. The van der Waals surface area contributed by atoms with E-state index in [0.29, 0.717) is 5.56 Å². The molecule has 0 spiro atoms. The van der Waals surface area contributed by atoms with Crippen molar-refractivity contribution in [3.8, 4) is 0 Å². The summed E-state index contributed by atoms with van der Waals surface area (Å²) in [6.07, 6.45) is 0. The molecule has 1 atom stereocenters. The van der Waals surface area contributed by atoms with Gasteiger partial charge in [0.25, 0.3) is 0 Å². The van der Waals surface area contributed by atoms with Gasteiger partial charge in [-0.3, -0.25) is 4.79 Å². The predicted octanol–water partition coefficient (Wildman–Crippen LogP) is 1.07. The number of aliphatic hydroxyl groups is 1. The third-order valence-electron chi connectivity index (χ3n) is 1.94. The summed E-state index contributed by atoms with van der Waals surface area (Å²) in [6, 6.07) is 5.38. The van der Waals surface area contributed by atoms with Crippen molar-refractivity contribution in [1.82, 2.24) is 0 Å². The molecule has 1 aromatic carbocycles. The largest absolute Gasteiger partial charge is 0.468 e. The number of carbonyl (C=O) groups excluding carboxylic acids is 1. The maximum absolute atomic E-state index is 12.6. The monoisotopic (exact) mass is 198 g/mol. The summed E-state index contributed by atoms with van der Waals surface area (Å²) in [5.74, 6) is -1.64. The van der Waals surface area contributed by atoms with Gasteiger partial charge < -0.3 is 9.84 Å². The molecule has 1 rings (SSSR count). The minimum atomic E-state index is -0.736. The summed E-state index contributed by atoms with van der Waals surface area (Å²) in [5.41, 5.74) is 0.542. The fourth-order valence-electron chi connectivity index (χ4n) is 1.15. The van der Waals surface area contributed by atoms with Crippen molar-refractivity contribution in [3.05, 3.63) is 35.6 Å². The number of halogens is 1. The fraction of sp³-hybridized carbons (Fsp3) is 0.300. The maximum atomic E-state index is 12.6. The molecule has 0 aliphatic carbocycles. The fourth-order valence-corrected chi connectivity index (χ4v) is 1.15. The molecular formula is C10H11FO3. The van der Waals surface area contributed by atoms with Gasteiger partial charge in [0.2, 0.25) is 0 Å². The van der Waals surface area contributed by atoms with Crippen LogP contribution in [0.5, 0.6) is 0 Å². The first-order valence-electron chi connectivity index (χ1n) is 4.13. The van der Waals surface area contributed by atoms with E-state index in [-0.39, 0.29) is 12.4 Å². The number of ether oxygens (including phenoxy) is 1. The zero-order chi connectivity index (χ0) is 10.6. The van der Waals surface area contributed by atoms with Gasteiger partial charge in [-0.2, -0.15) is 0 Å². The number of hydrogen-bond acceptors (Lipinski definition) is 3. The van der Waals surface area contributed by atoms with Crippen LogP contribution in [0.25, 0.3) is 0 Å². The van der Waals surface area contributed by atoms with Gasteiger partial charge >= 0.3 is 5.97 Å². The van der Waals surface area contributed by atoms with Crippen molar-refractivity contribution in [3.63, 3.8) is 0 Å². The van der Waals surface area contributed by atoms with Crippen LogP contribution in [0.15, 0.2) is 24.3 Å². The number of hydrogen-bond donors (Lipinski definition) is 1. The summed E-state index contributed by atoms with van der Waals surface area (Å²) >= 11 is 0. The topological polar surface area (TPSA) is 46.5 Å². The van der Waals surface area contributed by atoms with E-state index in [2.05, 4.69) is 4.74 Å². The summed E-state index contributed by atoms with van der Waals surface area (Å²) in [7, 11) is 1.24. The Balaban J connectivity index is 2.89. The van der Waals surface area contributed by atoms with E-state index >= 15 is 0 Å². The molecule has 1 aromatic rings. The van der Waals surface area contributed by atoms with Gasteiger partial charge in [0.1, 0.15) is 11.7 Å². The number of esters is 1. The number of carbonyl (C=O) groups is 1. The van der Waals surface area contributed by atoms with Gasteiger partial charge in [-0.05, 0) is 17.7 Å². The Bertz CT molecular complexity index is 308. The lowest BCUT2D eigenvalue weighted by Gasteiger charge is -2.11.